The maximum atomic E-state index is 11.9. The summed E-state index contributed by atoms with van der Waals surface area (Å²) in [6.07, 6.45) is 7.16. The number of piperidine rings is 1. The predicted octanol–water partition coefficient (Wildman–Crippen LogP) is 1.45. The molecule has 2 rings (SSSR count). The summed E-state index contributed by atoms with van der Waals surface area (Å²) < 4.78 is 4.92. The largest absolute Gasteiger partial charge is 0.384 e. The molecule has 112 valence electrons. The molecule has 5 heteroatoms. The Labute approximate surface area is 120 Å². The molecule has 0 radical (unpaired) electrons. The number of carbonyl (C=O) groups excluding carboxylic acids is 2. The standard InChI is InChI=1S/C15H24N2O3/c1-17-12-5-3-4-8-15(12,9-6-14(17)19)11-16-13(18)7-10-20-2/h5H,3-4,6-11H2,1-2H3,(H,16,18). The lowest BCUT2D eigenvalue weighted by Gasteiger charge is -2.46. The number of nitrogens with one attached hydrogen (secondary N) is 1. The van der Waals surface area contributed by atoms with E-state index in [2.05, 4.69) is 11.4 Å². The number of hydrogen-bond donors (Lipinski definition) is 1. The lowest BCUT2D eigenvalue weighted by Crippen LogP contribution is -2.49. The summed E-state index contributed by atoms with van der Waals surface area (Å²) in [4.78, 5) is 25.4. The molecular weight excluding hydrogens is 256 g/mol. The number of hydrogen-bond acceptors (Lipinski definition) is 3. The highest BCUT2D eigenvalue weighted by Crippen LogP contribution is 2.45. The van der Waals surface area contributed by atoms with Crippen LogP contribution in [0.25, 0.3) is 0 Å². The zero-order valence-corrected chi connectivity index (χ0v) is 12.4. The van der Waals surface area contributed by atoms with Crippen molar-refractivity contribution in [2.24, 2.45) is 5.41 Å². The Balaban J connectivity index is 2.03. The third-order valence-corrected chi connectivity index (χ3v) is 4.45. The molecule has 1 atom stereocenters. The quantitative estimate of drug-likeness (QED) is 0.829. The second-order valence-corrected chi connectivity index (χ2v) is 5.73. The highest BCUT2D eigenvalue weighted by molar-refractivity contribution is 5.80. The number of allylic oxidation sites excluding steroid dienone is 1. The van der Waals surface area contributed by atoms with Crippen molar-refractivity contribution in [2.45, 2.75) is 38.5 Å². The number of carbonyl (C=O) groups is 2. The van der Waals surface area contributed by atoms with E-state index in [0.29, 0.717) is 26.0 Å². The van der Waals surface area contributed by atoms with Crippen LogP contribution in [-0.2, 0) is 14.3 Å². The van der Waals surface area contributed by atoms with Gasteiger partial charge in [-0.3, -0.25) is 9.59 Å². The SMILES string of the molecule is COCCC(=O)NCC12CCCC=C1N(C)C(=O)CC2. The van der Waals surface area contributed by atoms with Crippen molar-refractivity contribution >= 4 is 11.8 Å². The summed E-state index contributed by atoms with van der Waals surface area (Å²) in [7, 11) is 3.44. The molecule has 0 aromatic rings. The molecule has 1 aliphatic carbocycles. The molecule has 1 fully saturated rings. The minimum Gasteiger partial charge on any atom is -0.384 e. The van der Waals surface area contributed by atoms with Crippen LogP contribution < -0.4 is 5.32 Å². The number of fused-ring (bicyclic) bond motifs is 1. The van der Waals surface area contributed by atoms with Crippen LogP contribution in [0.4, 0.5) is 0 Å². The van der Waals surface area contributed by atoms with E-state index < -0.39 is 0 Å². The van der Waals surface area contributed by atoms with Gasteiger partial charge in [-0.05, 0) is 25.7 Å². The molecular formula is C15H24N2O3. The van der Waals surface area contributed by atoms with E-state index in [0.717, 1.165) is 31.4 Å². The average Bonchev–Trinajstić information content (AvgIpc) is 2.47. The Hall–Kier alpha value is -1.36. The Bertz CT molecular complexity index is 419. The van der Waals surface area contributed by atoms with Crippen LogP contribution in [0, 0.1) is 5.41 Å². The number of nitrogens with zero attached hydrogens (tertiary/aromatic N) is 1. The van der Waals surface area contributed by atoms with Gasteiger partial charge < -0.3 is 15.0 Å². The summed E-state index contributed by atoms with van der Waals surface area (Å²) in [6.45, 7) is 1.07. The van der Waals surface area contributed by atoms with Crippen LogP contribution in [0.3, 0.4) is 0 Å². The first kappa shape index (κ1) is 15.0. The van der Waals surface area contributed by atoms with Gasteiger partial charge in [-0.25, -0.2) is 0 Å². The Morgan fingerprint density at radius 1 is 1.50 bits per heavy atom. The molecule has 0 saturated carbocycles. The van der Waals surface area contributed by atoms with Gasteiger partial charge in [0.25, 0.3) is 0 Å². The van der Waals surface area contributed by atoms with Crippen molar-refractivity contribution in [3.63, 3.8) is 0 Å². The normalized spacial score (nSPS) is 26.0. The first-order chi connectivity index (χ1) is 9.59. The number of amides is 2. The smallest absolute Gasteiger partial charge is 0.226 e. The van der Waals surface area contributed by atoms with Gasteiger partial charge in [0.2, 0.25) is 11.8 Å². The minimum absolute atomic E-state index is 0.0192. The monoisotopic (exact) mass is 280 g/mol. The van der Waals surface area contributed by atoms with Gasteiger partial charge in [-0.2, -0.15) is 0 Å². The first-order valence-electron chi connectivity index (χ1n) is 7.32. The van der Waals surface area contributed by atoms with E-state index in [1.165, 1.54) is 0 Å². The van der Waals surface area contributed by atoms with Gasteiger partial charge >= 0.3 is 0 Å². The molecule has 1 saturated heterocycles. The van der Waals surface area contributed by atoms with Crippen molar-refractivity contribution in [1.82, 2.24) is 10.2 Å². The molecule has 0 spiro atoms. The third kappa shape index (κ3) is 3.03. The van der Waals surface area contributed by atoms with Crippen molar-refractivity contribution < 1.29 is 14.3 Å². The van der Waals surface area contributed by atoms with Crippen LogP contribution in [0.5, 0.6) is 0 Å². The molecule has 1 unspecified atom stereocenters. The van der Waals surface area contributed by atoms with Gasteiger partial charge in [-0.1, -0.05) is 6.08 Å². The van der Waals surface area contributed by atoms with Gasteiger partial charge in [0.1, 0.15) is 0 Å². The van der Waals surface area contributed by atoms with E-state index in [1.54, 1.807) is 12.0 Å². The van der Waals surface area contributed by atoms with Crippen LogP contribution >= 0.6 is 0 Å². The van der Waals surface area contributed by atoms with Crippen LogP contribution in [0.2, 0.25) is 0 Å². The Morgan fingerprint density at radius 2 is 2.30 bits per heavy atom. The molecule has 1 N–H and O–H groups in total. The Kier molecular flexibility index (Phi) is 4.81. The van der Waals surface area contributed by atoms with E-state index in [9.17, 15) is 9.59 Å². The van der Waals surface area contributed by atoms with Crippen molar-refractivity contribution in [3.05, 3.63) is 11.8 Å². The van der Waals surface area contributed by atoms with Crippen molar-refractivity contribution in [3.8, 4) is 0 Å². The summed E-state index contributed by atoms with van der Waals surface area (Å²) in [5, 5.41) is 3.01. The summed E-state index contributed by atoms with van der Waals surface area (Å²) >= 11 is 0. The van der Waals surface area contributed by atoms with Crippen molar-refractivity contribution in [1.29, 1.82) is 0 Å². The van der Waals surface area contributed by atoms with Gasteiger partial charge in [-0.15, -0.1) is 0 Å². The van der Waals surface area contributed by atoms with E-state index in [-0.39, 0.29) is 17.2 Å². The molecule has 0 aromatic heterocycles. The molecule has 2 amide bonds. The van der Waals surface area contributed by atoms with Gasteiger partial charge in [0.05, 0.1) is 6.61 Å². The average molecular weight is 280 g/mol. The molecule has 0 aromatic carbocycles. The summed E-state index contributed by atoms with van der Waals surface area (Å²) in [5.74, 6) is 0.199. The Morgan fingerprint density at radius 3 is 3.05 bits per heavy atom. The number of ether oxygens (including phenoxy) is 1. The summed E-state index contributed by atoms with van der Waals surface area (Å²) in [5.41, 5.74) is 1.05. The minimum atomic E-state index is -0.0519. The number of rotatable bonds is 5. The first-order valence-corrected chi connectivity index (χ1v) is 7.32. The topological polar surface area (TPSA) is 58.6 Å². The lowest BCUT2D eigenvalue weighted by atomic mass is 9.70. The lowest BCUT2D eigenvalue weighted by molar-refractivity contribution is -0.132. The fourth-order valence-corrected chi connectivity index (χ4v) is 3.24. The highest BCUT2D eigenvalue weighted by Gasteiger charge is 2.43. The highest BCUT2D eigenvalue weighted by atomic mass is 16.5. The fraction of sp³-hybridized carbons (Fsp3) is 0.733. The predicted molar refractivity (Wildman–Crippen MR) is 75.9 cm³/mol. The zero-order chi connectivity index (χ0) is 14.6. The van der Waals surface area contributed by atoms with Gasteiger partial charge in [0.15, 0.2) is 0 Å². The summed E-state index contributed by atoms with van der Waals surface area (Å²) in [6, 6.07) is 0. The van der Waals surface area contributed by atoms with E-state index >= 15 is 0 Å². The van der Waals surface area contributed by atoms with E-state index in [1.807, 2.05) is 7.05 Å². The molecule has 0 bridgehead atoms. The van der Waals surface area contributed by atoms with Crippen LogP contribution in [0.15, 0.2) is 11.8 Å². The second-order valence-electron chi connectivity index (χ2n) is 5.73. The van der Waals surface area contributed by atoms with Gasteiger partial charge in [0, 0.05) is 44.7 Å². The van der Waals surface area contributed by atoms with Crippen LogP contribution in [0.1, 0.15) is 38.5 Å². The molecule has 2 aliphatic rings. The maximum Gasteiger partial charge on any atom is 0.226 e. The third-order valence-electron chi connectivity index (χ3n) is 4.45. The zero-order valence-electron chi connectivity index (χ0n) is 12.4. The molecule has 1 heterocycles. The van der Waals surface area contributed by atoms with E-state index in [4.69, 9.17) is 4.74 Å². The van der Waals surface area contributed by atoms with Crippen LogP contribution in [-0.4, -0.2) is 44.0 Å². The fourth-order valence-electron chi connectivity index (χ4n) is 3.24. The number of methoxy groups -OCH3 is 1. The number of likely N-dealkylation sites (tertiary alicyclic amines) is 1. The second kappa shape index (κ2) is 6.39. The molecule has 1 aliphatic heterocycles. The maximum absolute atomic E-state index is 11.9. The molecule has 20 heavy (non-hydrogen) atoms. The molecule has 5 nitrogen and oxygen atoms in total. The van der Waals surface area contributed by atoms with Crippen molar-refractivity contribution in [2.75, 3.05) is 27.3 Å².